The molecule has 1 aromatic heterocycles. The third-order valence-electron chi connectivity index (χ3n) is 4.04. The van der Waals surface area contributed by atoms with Gasteiger partial charge in [0.1, 0.15) is 5.82 Å². The fourth-order valence-electron chi connectivity index (χ4n) is 2.89. The highest BCUT2D eigenvalue weighted by Crippen LogP contribution is 2.26. The molecule has 22 heavy (non-hydrogen) atoms. The zero-order valence-corrected chi connectivity index (χ0v) is 13.8. The largest absolute Gasteiger partial charge is 0.398 e. The molecule has 0 bridgehead atoms. The third kappa shape index (κ3) is 3.12. The standard InChI is InChI=1S/C17H21ClN4/c1-12-9-13(2)20-17(10-12)22-7-5-21(6-8-22)14-3-4-16(19)15(18)11-14/h3-4,9-11H,5-8,19H2,1-2H3. The summed E-state index contributed by atoms with van der Waals surface area (Å²) in [5.41, 5.74) is 9.87. The van der Waals surface area contributed by atoms with Gasteiger partial charge in [-0.1, -0.05) is 11.6 Å². The highest BCUT2D eigenvalue weighted by molar-refractivity contribution is 6.33. The summed E-state index contributed by atoms with van der Waals surface area (Å²) in [6.07, 6.45) is 0. The van der Waals surface area contributed by atoms with Crippen molar-refractivity contribution in [3.63, 3.8) is 0 Å². The molecule has 0 atom stereocenters. The van der Waals surface area contributed by atoms with E-state index in [0.29, 0.717) is 10.7 Å². The molecule has 1 aromatic carbocycles. The van der Waals surface area contributed by atoms with E-state index in [9.17, 15) is 0 Å². The van der Waals surface area contributed by atoms with Crippen LogP contribution in [0.25, 0.3) is 0 Å². The lowest BCUT2D eigenvalue weighted by atomic mass is 10.2. The molecule has 4 nitrogen and oxygen atoms in total. The Morgan fingerprint density at radius 1 is 1.00 bits per heavy atom. The van der Waals surface area contributed by atoms with Gasteiger partial charge in [-0.2, -0.15) is 0 Å². The van der Waals surface area contributed by atoms with Crippen LogP contribution in [0.3, 0.4) is 0 Å². The zero-order valence-electron chi connectivity index (χ0n) is 13.0. The monoisotopic (exact) mass is 316 g/mol. The van der Waals surface area contributed by atoms with E-state index in [1.165, 1.54) is 5.56 Å². The summed E-state index contributed by atoms with van der Waals surface area (Å²) in [4.78, 5) is 9.33. The molecule has 1 aliphatic rings. The van der Waals surface area contributed by atoms with Gasteiger partial charge in [0.2, 0.25) is 0 Å². The molecule has 0 aliphatic carbocycles. The van der Waals surface area contributed by atoms with Gasteiger partial charge in [-0.05, 0) is 49.7 Å². The maximum atomic E-state index is 6.12. The van der Waals surface area contributed by atoms with E-state index >= 15 is 0 Å². The van der Waals surface area contributed by atoms with Crippen LogP contribution in [0.15, 0.2) is 30.3 Å². The van der Waals surface area contributed by atoms with Crippen molar-refractivity contribution >= 4 is 28.8 Å². The van der Waals surface area contributed by atoms with Gasteiger partial charge in [0, 0.05) is 37.6 Å². The van der Waals surface area contributed by atoms with Gasteiger partial charge >= 0.3 is 0 Å². The molecule has 2 aromatic rings. The predicted octanol–water partition coefficient (Wildman–Crippen LogP) is 3.26. The Morgan fingerprint density at radius 3 is 2.32 bits per heavy atom. The van der Waals surface area contributed by atoms with Crippen LogP contribution in [-0.2, 0) is 0 Å². The van der Waals surface area contributed by atoms with Gasteiger partial charge in [0.05, 0.1) is 10.7 Å². The number of benzene rings is 1. The first-order valence-electron chi connectivity index (χ1n) is 7.53. The van der Waals surface area contributed by atoms with Crippen molar-refractivity contribution in [3.8, 4) is 0 Å². The fraction of sp³-hybridized carbons (Fsp3) is 0.353. The zero-order chi connectivity index (χ0) is 15.7. The molecule has 0 saturated carbocycles. The van der Waals surface area contributed by atoms with Gasteiger partial charge in [-0.3, -0.25) is 0 Å². The maximum Gasteiger partial charge on any atom is 0.129 e. The number of halogens is 1. The van der Waals surface area contributed by atoms with Crippen molar-refractivity contribution in [1.29, 1.82) is 0 Å². The maximum absolute atomic E-state index is 6.12. The molecular formula is C17H21ClN4. The first kappa shape index (κ1) is 15.0. The number of pyridine rings is 1. The molecule has 0 radical (unpaired) electrons. The summed E-state index contributed by atoms with van der Waals surface area (Å²) in [5, 5.41) is 0.621. The molecule has 1 fully saturated rings. The molecule has 116 valence electrons. The van der Waals surface area contributed by atoms with E-state index < -0.39 is 0 Å². The number of aryl methyl sites for hydroxylation is 2. The number of anilines is 3. The molecule has 1 saturated heterocycles. The molecule has 0 spiro atoms. The van der Waals surface area contributed by atoms with Gasteiger partial charge < -0.3 is 15.5 Å². The predicted molar refractivity (Wildman–Crippen MR) is 94.0 cm³/mol. The Kier molecular flexibility index (Phi) is 4.12. The van der Waals surface area contributed by atoms with E-state index in [2.05, 4.69) is 33.8 Å². The molecule has 0 unspecified atom stereocenters. The topological polar surface area (TPSA) is 45.4 Å². The SMILES string of the molecule is Cc1cc(C)nc(N2CCN(c3ccc(N)c(Cl)c3)CC2)c1. The van der Waals surface area contributed by atoms with Crippen molar-refractivity contribution < 1.29 is 0 Å². The van der Waals surface area contributed by atoms with E-state index in [-0.39, 0.29) is 0 Å². The van der Waals surface area contributed by atoms with E-state index in [4.69, 9.17) is 17.3 Å². The molecular weight excluding hydrogens is 296 g/mol. The van der Waals surface area contributed by atoms with Crippen LogP contribution in [-0.4, -0.2) is 31.2 Å². The van der Waals surface area contributed by atoms with Crippen molar-refractivity contribution in [1.82, 2.24) is 4.98 Å². The van der Waals surface area contributed by atoms with Crippen molar-refractivity contribution in [2.75, 3.05) is 41.7 Å². The number of aromatic nitrogens is 1. The number of nitrogen functional groups attached to an aromatic ring is 1. The third-order valence-corrected chi connectivity index (χ3v) is 4.36. The Morgan fingerprint density at radius 2 is 1.68 bits per heavy atom. The Balaban J connectivity index is 1.70. The van der Waals surface area contributed by atoms with E-state index in [1.807, 2.05) is 25.1 Å². The Hall–Kier alpha value is -1.94. The average molecular weight is 317 g/mol. The minimum absolute atomic E-state index is 0.621. The van der Waals surface area contributed by atoms with Crippen LogP contribution >= 0.6 is 11.6 Å². The van der Waals surface area contributed by atoms with Crippen molar-refractivity contribution in [3.05, 3.63) is 46.6 Å². The normalized spacial score (nSPS) is 15.2. The second kappa shape index (κ2) is 6.05. The van der Waals surface area contributed by atoms with Crippen LogP contribution < -0.4 is 15.5 Å². The summed E-state index contributed by atoms with van der Waals surface area (Å²) < 4.78 is 0. The minimum atomic E-state index is 0.621. The Bertz CT molecular complexity index is 658. The summed E-state index contributed by atoms with van der Waals surface area (Å²) in [7, 11) is 0. The highest BCUT2D eigenvalue weighted by Gasteiger charge is 2.19. The minimum Gasteiger partial charge on any atom is -0.398 e. The van der Waals surface area contributed by atoms with Crippen LogP contribution in [0.4, 0.5) is 17.2 Å². The van der Waals surface area contributed by atoms with Gasteiger partial charge in [0.15, 0.2) is 0 Å². The van der Waals surface area contributed by atoms with Crippen molar-refractivity contribution in [2.24, 2.45) is 0 Å². The number of hydrogen-bond acceptors (Lipinski definition) is 4. The number of hydrogen-bond donors (Lipinski definition) is 1. The van der Waals surface area contributed by atoms with E-state index in [0.717, 1.165) is 43.4 Å². The number of piperazine rings is 1. The average Bonchev–Trinajstić information content (AvgIpc) is 2.49. The number of nitrogens with zero attached hydrogens (tertiary/aromatic N) is 3. The first-order chi connectivity index (χ1) is 10.5. The quantitative estimate of drug-likeness (QED) is 0.864. The fourth-order valence-corrected chi connectivity index (χ4v) is 3.06. The molecule has 0 amide bonds. The lowest BCUT2D eigenvalue weighted by Gasteiger charge is -2.37. The summed E-state index contributed by atoms with van der Waals surface area (Å²) in [6.45, 7) is 7.98. The molecule has 2 heterocycles. The molecule has 1 aliphatic heterocycles. The first-order valence-corrected chi connectivity index (χ1v) is 7.91. The van der Waals surface area contributed by atoms with Gasteiger partial charge in [-0.25, -0.2) is 4.98 Å². The summed E-state index contributed by atoms with van der Waals surface area (Å²) in [5.74, 6) is 1.08. The summed E-state index contributed by atoms with van der Waals surface area (Å²) >= 11 is 6.12. The molecule has 2 N–H and O–H groups in total. The summed E-state index contributed by atoms with van der Waals surface area (Å²) in [6, 6.07) is 10.1. The van der Waals surface area contributed by atoms with Crippen LogP contribution in [0.5, 0.6) is 0 Å². The number of nitrogens with two attached hydrogens (primary N) is 1. The number of rotatable bonds is 2. The lowest BCUT2D eigenvalue weighted by molar-refractivity contribution is 0.646. The van der Waals surface area contributed by atoms with Gasteiger partial charge in [0.25, 0.3) is 0 Å². The van der Waals surface area contributed by atoms with Gasteiger partial charge in [-0.15, -0.1) is 0 Å². The highest BCUT2D eigenvalue weighted by atomic mass is 35.5. The molecule has 3 rings (SSSR count). The van der Waals surface area contributed by atoms with Crippen LogP contribution in [0.2, 0.25) is 5.02 Å². The second-order valence-electron chi connectivity index (χ2n) is 5.82. The lowest BCUT2D eigenvalue weighted by Crippen LogP contribution is -2.46. The van der Waals surface area contributed by atoms with Crippen molar-refractivity contribution in [2.45, 2.75) is 13.8 Å². The Labute approximate surface area is 136 Å². The van der Waals surface area contributed by atoms with E-state index in [1.54, 1.807) is 0 Å². The second-order valence-corrected chi connectivity index (χ2v) is 6.23. The van der Waals surface area contributed by atoms with Crippen LogP contribution in [0, 0.1) is 13.8 Å². The molecule has 5 heteroatoms. The smallest absolute Gasteiger partial charge is 0.129 e. The van der Waals surface area contributed by atoms with Crippen LogP contribution in [0.1, 0.15) is 11.3 Å².